The largest absolute Gasteiger partial charge is 0.357 e. The Balaban J connectivity index is 0.00000261. The summed E-state index contributed by atoms with van der Waals surface area (Å²) in [7, 11) is 2.17. The number of hydrogen-bond acceptors (Lipinski definition) is 5. The van der Waals surface area contributed by atoms with Crippen molar-refractivity contribution in [1.29, 1.82) is 0 Å². The predicted molar refractivity (Wildman–Crippen MR) is 125 cm³/mol. The highest BCUT2D eigenvalue weighted by Gasteiger charge is 2.14. The molecule has 0 saturated carbocycles. The van der Waals surface area contributed by atoms with Gasteiger partial charge in [-0.3, -0.25) is 0 Å². The molecule has 1 aliphatic rings. The fourth-order valence-electron chi connectivity index (χ4n) is 2.82. The van der Waals surface area contributed by atoms with Crippen molar-refractivity contribution in [3.8, 4) is 0 Å². The molecule has 0 amide bonds. The third-order valence-electron chi connectivity index (χ3n) is 4.44. The predicted octanol–water partition coefficient (Wildman–Crippen LogP) is 2.77. The van der Waals surface area contributed by atoms with Crippen molar-refractivity contribution >= 4 is 47.1 Å². The number of piperazine rings is 1. The lowest BCUT2D eigenvalue weighted by molar-refractivity contribution is 0.312. The maximum Gasteiger partial charge on any atom is 0.191 e. The molecule has 0 spiro atoms. The van der Waals surface area contributed by atoms with Gasteiger partial charge in [0.15, 0.2) is 5.96 Å². The molecule has 3 heterocycles. The Bertz CT molecular complexity index is 681. The summed E-state index contributed by atoms with van der Waals surface area (Å²) in [5.41, 5.74) is 2.40. The van der Waals surface area contributed by atoms with Crippen LogP contribution in [0.15, 0.2) is 40.1 Å². The highest BCUT2D eigenvalue weighted by atomic mass is 127. The SMILES string of the molecule is CCNC(=NCc1ccsc1)NCc1ccc(N2CCN(C)CC2)nc1.I. The van der Waals surface area contributed by atoms with E-state index in [9.17, 15) is 0 Å². The Hall–Kier alpha value is -1.39. The van der Waals surface area contributed by atoms with E-state index in [0.717, 1.165) is 50.1 Å². The number of likely N-dealkylation sites (N-methyl/N-ethyl adjacent to an activating group) is 1. The topological polar surface area (TPSA) is 55.8 Å². The molecule has 2 aromatic heterocycles. The van der Waals surface area contributed by atoms with Gasteiger partial charge < -0.3 is 20.4 Å². The number of halogens is 1. The number of hydrogen-bond donors (Lipinski definition) is 2. The third-order valence-corrected chi connectivity index (χ3v) is 5.17. The van der Waals surface area contributed by atoms with Crippen molar-refractivity contribution in [2.24, 2.45) is 4.99 Å². The molecule has 2 aromatic rings. The molecule has 27 heavy (non-hydrogen) atoms. The Morgan fingerprint density at radius 2 is 1.96 bits per heavy atom. The van der Waals surface area contributed by atoms with E-state index in [0.29, 0.717) is 13.1 Å². The van der Waals surface area contributed by atoms with Gasteiger partial charge in [-0.1, -0.05) is 6.07 Å². The van der Waals surface area contributed by atoms with Gasteiger partial charge in [-0.05, 0) is 48.0 Å². The van der Waals surface area contributed by atoms with Crippen molar-refractivity contribution in [2.75, 3.05) is 44.7 Å². The number of aliphatic imine (C=N–C) groups is 1. The van der Waals surface area contributed by atoms with Crippen LogP contribution in [0, 0.1) is 0 Å². The Labute approximate surface area is 183 Å². The Morgan fingerprint density at radius 1 is 1.15 bits per heavy atom. The molecule has 1 saturated heterocycles. The first kappa shape index (κ1) is 21.9. The van der Waals surface area contributed by atoms with Crippen LogP contribution >= 0.6 is 35.3 Å². The van der Waals surface area contributed by atoms with E-state index >= 15 is 0 Å². The van der Waals surface area contributed by atoms with Gasteiger partial charge in [0.2, 0.25) is 0 Å². The second-order valence-electron chi connectivity index (χ2n) is 6.50. The summed E-state index contributed by atoms with van der Waals surface area (Å²) < 4.78 is 0. The van der Waals surface area contributed by atoms with Crippen molar-refractivity contribution < 1.29 is 0 Å². The molecule has 8 heteroatoms. The standard InChI is InChI=1S/C19H28N6S.HI/c1-3-20-19(23-14-17-6-11-26-15-17)22-13-16-4-5-18(21-12-16)25-9-7-24(2)8-10-25;/h4-6,11-12,15H,3,7-10,13-14H2,1-2H3,(H2,20,22,23);1H. The van der Waals surface area contributed by atoms with E-state index in [1.807, 2.05) is 6.20 Å². The lowest BCUT2D eigenvalue weighted by atomic mass is 10.2. The fourth-order valence-corrected chi connectivity index (χ4v) is 3.48. The average Bonchev–Trinajstić information content (AvgIpc) is 3.19. The van der Waals surface area contributed by atoms with Gasteiger partial charge in [0.05, 0.1) is 6.54 Å². The zero-order chi connectivity index (χ0) is 18.2. The van der Waals surface area contributed by atoms with Crippen molar-refractivity contribution in [3.05, 3.63) is 46.3 Å². The summed E-state index contributed by atoms with van der Waals surface area (Å²) in [6.07, 6.45) is 1.96. The van der Waals surface area contributed by atoms with Crippen LogP contribution < -0.4 is 15.5 Å². The summed E-state index contributed by atoms with van der Waals surface area (Å²) in [6, 6.07) is 6.38. The van der Waals surface area contributed by atoms with Crippen LogP contribution in [0.25, 0.3) is 0 Å². The van der Waals surface area contributed by atoms with Gasteiger partial charge in [0, 0.05) is 45.5 Å². The molecule has 1 aliphatic heterocycles. The zero-order valence-corrected chi connectivity index (χ0v) is 19.2. The molecule has 6 nitrogen and oxygen atoms in total. The van der Waals surface area contributed by atoms with E-state index < -0.39 is 0 Å². The summed E-state index contributed by atoms with van der Waals surface area (Å²) in [6.45, 7) is 8.60. The summed E-state index contributed by atoms with van der Waals surface area (Å²) in [5.74, 6) is 1.90. The summed E-state index contributed by atoms with van der Waals surface area (Å²) in [5, 5.41) is 10.9. The molecule has 3 rings (SSSR count). The summed E-state index contributed by atoms with van der Waals surface area (Å²) >= 11 is 1.70. The molecular weight excluding hydrogens is 471 g/mol. The molecule has 0 aromatic carbocycles. The van der Waals surface area contributed by atoms with Crippen LogP contribution in [-0.4, -0.2) is 55.6 Å². The highest BCUT2D eigenvalue weighted by molar-refractivity contribution is 14.0. The molecule has 1 fully saturated rings. The molecule has 148 valence electrons. The van der Waals surface area contributed by atoms with Crippen LogP contribution in [0.2, 0.25) is 0 Å². The van der Waals surface area contributed by atoms with E-state index in [1.54, 1.807) is 11.3 Å². The lowest BCUT2D eigenvalue weighted by Gasteiger charge is -2.33. The maximum atomic E-state index is 4.65. The van der Waals surface area contributed by atoms with Crippen LogP contribution in [0.4, 0.5) is 5.82 Å². The van der Waals surface area contributed by atoms with Gasteiger partial charge in [0.25, 0.3) is 0 Å². The van der Waals surface area contributed by atoms with Crippen LogP contribution in [0.1, 0.15) is 18.1 Å². The smallest absolute Gasteiger partial charge is 0.191 e. The number of aromatic nitrogens is 1. The van der Waals surface area contributed by atoms with Gasteiger partial charge in [-0.25, -0.2) is 9.98 Å². The first-order valence-electron chi connectivity index (χ1n) is 9.16. The minimum Gasteiger partial charge on any atom is -0.357 e. The second kappa shape index (κ2) is 11.5. The number of pyridine rings is 1. The number of nitrogens with one attached hydrogen (secondary N) is 2. The normalized spacial score (nSPS) is 15.3. The second-order valence-corrected chi connectivity index (χ2v) is 7.28. The fraction of sp³-hybridized carbons (Fsp3) is 0.474. The first-order valence-corrected chi connectivity index (χ1v) is 10.1. The quantitative estimate of drug-likeness (QED) is 0.363. The average molecular weight is 500 g/mol. The van der Waals surface area contributed by atoms with Gasteiger partial charge in [0.1, 0.15) is 5.82 Å². The van der Waals surface area contributed by atoms with E-state index in [2.05, 4.69) is 73.3 Å². The first-order chi connectivity index (χ1) is 12.7. The molecule has 0 radical (unpaired) electrons. The van der Waals surface area contributed by atoms with Gasteiger partial charge >= 0.3 is 0 Å². The number of guanidine groups is 1. The molecular formula is C19H29IN6S. The van der Waals surface area contributed by atoms with Crippen LogP contribution in [0.5, 0.6) is 0 Å². The summed E-state index contributed by atoms with van der Waals surface area (Å²) in [4.78, 5) is 14.0. The van der Waals surface area contributed by atoms with Crippen molar-refractivity contribution in [1.82, 2.24) is 20.5 Å². The molecule has 0 atom stereocenters. The van der Waals surface area contributed by atoms with Crippen LogP contribution in [-0.2, 0) is 13.1 Å². The molecule has 2 N–H and O–H groups in total. The highest BCUT2D eigenvalue weighted by Crippen LogP contribution is 2.13. The van der Waals surface area contributed by atoms with Crippen molar-refractivity contribution in [3.63, 3.8) is 0 Å². The number of thiophene rings is 1. The third kappa shape index (κ3) is 6.93. The van der Waals surface area contributed by atoms with Crippen LogP contribution in [0.3, 0.4) is 0 Å². The number of rotatable bonds is 6. The minimum atomic E-state index is 0. The minimum absolute atomic E-state index is 0. The van der Waals surface area contributed by atoms with E-state index in [-0.39, 0.29) is 24.0 Å². The van der Waals surface area contributed by atoms with E-state index in [1.165, 1.54) is 5.56 Å². The van der Waals surface area contributed by atoms with Crippen molar-refractivity contribution in [2.45, 2.75) is 20.0 Å². The van der Waals surface area contributed by atoms with E-state index in [4.69, 9.17) is 0 Å². The zero-order valence-electron chi connectivity index (χ0n) is 16.0. The molecule has 0 bridgehead atoms. The van der Waals surface area contributed by atoms with Gasteiger partial charge in [-0.15, -0.1) is 24.0 Å². The lowest BCUT2D eigenvalue weighted by Crippen LogP contribution is -2.44. The molecule has 0 unspecified atom stereocenters. The Kier molecular flexibility index (Phi) is 9.29. The Morgan fingerprint density at radius 3 is 2.59 bits per heavy atom. The number of anilines is 1. The monoisotopic (exact) mass is 500 g/mol. The molecule has 0 aliphatic carbocycles. The maximum absolute atomic E-state index is 4.65. The van der Waals surface area contributed by atoms with Gasteiger partial charge in [-0.2, -0.15) is 11.3 Å². The number of nitrogens with zero attached hydrogens (tertiary/aromatic N) is 4.